The molecule has 1 atom stereocenters. The summed E-state index contributed by atoms with van der Waals surface area (Å²) in [6.45, 7) is 0.975. The monoisotopic (exact) mass is 341 g/mol. The van der Waals surface area contributed by atoms with Gasteiger partial charge in [-0.1, -0.05) is 0 Å². The van der Waals surface area contributed by atoms with Gasteiger partial charge in [0.15, 0.2) is 11.5 Å². The molecule has 2 amide bonds. The van der Waals surface area contributed by atoms with Gasteiger partial charge in [0.05, 0.1) is 6.26 Å². The Balaban J connectivity index is 1.57. The second-order valence-corrected chi connectivity index (χ2v) is 7.61. The smallest absolute Gasteiger partial charge is 0.319 e. The largest absolute Gasteiger partial charge is 0.454 e. The lowest BCUT2D eigenvalue weighted by molar-refractivity contribution is 0.174. The zero-order valence-corrected chi connectivity index (χ0v) is 13.6. The van der Waals surface area contributed by atoms with Crippen molar-refractivity contribution in [3.8, 4) is 11.5 Å². The number of fused-ring (bicyclic) bond motifs is 1. The van der Waals surface area contributed by atoms with Crippen molar-refractivity contribution in [3.63, 3.8) is 0 Å². The van der Waals surface area contributed by atoms with Crippen LogP contribution in [0.15, 0.2) is 18.2 Å². The van der Waals surface area contributed by atoms with E-state index in [4.69, 9.17) is 9.47 Å². The van der Waals surface area contributed by atoms with Crippen LogP contribution in [0, 0.1) is 0 Å². The molecular weight excluding hydrogens is 322 g/mol. The van der Waals surface area contributed by atoms with Crippen LogP contribution in [0.5, 0.6) is 11.5 Å². The molecule has 0 aromatic heterocycles. The highest BCUT2D eigenvalue weighted by Crippen LogP contribution is 2.34. The van der Waals surface area contributed by atoms with Gasteiger partial charge in [-0.15, -0.1) is 0 Å². The van der Waals surface area contributed by atoms with Gasteiger partial charge in [0.25, 0.3) is 0 Å². The van der Waals surface area contributed by atoms with Gasteiger partial charge in [0.1, 0.15) is 0 Å². The number of hydrogen-bond donors (Lipinski definition) is 2. The van der Waals surface area contributed by atoms with Crippen LogP contribution in [0.1, 0.15) is 12.8 Å². The Morgan fingerprint density at radius 2 is 2.09 bits per heavy atom. The number of piperidine rings is 1. The molecule has 1 unspecified atom stereocenters. The molecule has 0 spiro atoms. The van der Waals surface area contributed by atoms with Crippen molar-refractivity contribution in [1.82, 2.24) is 9.62 Å². The van der Waals surface area contributed by atoms with Crippen molar-refractivity contribution < 1.29 is 22.7 Å². The fraction of sp³-hybridized carbons (Fsp3) is 0.500. The summed E-state index contributed by atoms with van der Waals surface area (Å²) in [4.78, 5) is 12.1. The molecule has 0 saturated carbocycles. The molecule has 2 heterocycles. The molecule has 2 aliphatic rings. The fourth-order valence-electron chi connectivity index (χ4n) is 2.69. The quantitative estimate of drug-likeness (QED) is 0.853. The molecular formula is C14H19N3O5S. The maximum absolute atomic E-state index is 12.1. The van der Waals surface area contributed by atoms with Gasteiger partial charge in [-0.2, -0.15) is 0 Å². The van der Waals surface area contributed by atoms with Crippen molar-refractivity contribution >= 4 is 21.7 Å². The molecule has 126 valence electrons. The Bertz CT molecular complexity index is 706. The number of ether oxygens (including phenoxy) is 2. The number of benzene rings is 1. The van der Waals surface area contributed by atoms with Crippen LogP contribution < -0.4 is 20.1 Å². The first-order valence-corrected chi connectivity index (χ1v) is 9.19. The van der Waals surface area contributed by atoms with Crippen molar-refractivity contribution in [2.75, 3.05) is 31.5 Å². The molecule has 9 heteroatoms. The second-order valence-electron chi connectivity index (χ2n) is 5.63. The molecule has 3 rings (SSSR count). The highest BCUT2D eigenvalue weighted by Gasteiger charge is 2.26. The van der Waals surface area contributed by atoms with Crippen LogP contribution in [0.25, 0.3) is 0 Å². The van der Waals surface area contributed by atoms with E-state index in [9.17, 15) is 13.2 Å². The van der Waals surface area contributed by atoms with Gasteiger partial charge in [0, 0.05) is 30.9 Å². The average molecular weight is 341 g/mol. The summed E-state index contributed by atoms with van der Waals surface area (Å²) in [6.07, 6.45) is 2.66. The van der Waals surface area contributed by atoms with E-state index in [2.05, 4.69) is 10.6 Å². The molecule has 1 saturated heterocycles. The van der Waals surface area contributed by atoms with E-state index >= 15 is 0 Å². The fourth-order valence-corrected chi connectivity index (χ4v) is 3.60. The second kappa shape index (κ2) is 6.25. The first kappa shape index (κ1) is 15.9. The van der Waals surface area contributed by atoms with E-state index in [0.29, 0.717) is 30.3 Å². The number of sulfonamides is 1. The van der Waals surface area contributed by atoms with E-state index in [0.717, 1.165) is 12.8 Å². The van der Waals surface area contributed by atoms with Crippen LogP contribution >= 0.6 is 0 Å². The van der Waals surface area contributed by atoms with Gasteiger partial charge in [-0.05, 0) is 25.0 Å². The minimum atomic E-state index is -3.23. The van der Waals surface area contributed by atoms with Gasteiger partial charge >= 0.3 is 6.03 Å². The predicted octanol–water partition coefficient (Wildman–Crippen LogP) is 0.961. The first-order chi connectivity index (χ1) is 10.9. The van der Waals surface area contributed by atoms with Crippen LogP contribution in [-0.2, 0) is 10.0 Å². The third kappa shape index (κ3) is 3.85. The highest BCUT2D eigenvalue weighted by molar-refractivity contribution is 7.88. The molecule has 2 N–H and O–H groups in total. The molecule has 1 fully saturated rings. The normalized spacial score (nSPS) is 21.0. The molecule has 0 radical (unpaired) electrons. The van der Waals surface area contributed by atoms with E-state index in [1.54, 1.807) is 18.2 Å². The van der Waals surface area contributed by atoms with Crippen LogP contribution in [0.4, 0.5) is 10.5 Å². The standard InChI is InChI=1S/C14H19N3O5S/c1-23(19,20)17-6-2-3-11(8-17)16-14(18)15-10-4-5-12-13(7-10)22-9-21-12/h4-5,7,11H,2-3,6,8-9H2,1H3,(H2,15,16,18). The Morgan fingerprint density at radius 1 is 1.30 bits per heavy atom. The number of nitrogens with one attached hydrogen (secondary N) is 2. The van der Waals surface area contributed by atoms with E-state index < -0.39 is 10.0 Å². The molecule has 2 aliphatic heterocycles. The molecule has 1 aromatic rings. The summed E-state index contributed by atoms with van der Waals surface area (Å²) in [5.74, 6) is 1.23. The third-order valence-corrected chi connectivity index (χ3v) is 5.09. The number of carbonyl (C=O) groups excluding carboxylic acids is 1. The summed E-state index contributed by atoms with van der Waals surface area (Å²) >= 11 is 0. The summed E-state index contributed by atoms with van der Waals surface area (Å²) in [7, 11) is -3.23. The topological polar surface area (TPSA) is 97.0 Å². The summed E-state index contributed by atoms with van der Waals surface area (Å²) in [6, 6.07) is 4.56. The molecule has 8 nitrogen and oxygen atoms in total. The Labute approximate surface area is 134 Å². The van der Waals surface area contributed by atoms with Crippen molar-refractivity contribution in [2.45, 2.75) is 18.9 Å². The summed E-state index contributed by atoms with van der Waals surface area (Å²) in [5, 5.41) is 5.53. The Hall–Kier alpha value is -2.00. The van der Waals surface area contributed by atoms with Crippen LogP contribution in [-0.4, -0.2) is 50.9 Å². The summed E-state index contributed by atoms with van der Waals surface area (Å²) in [5.41, 5.74) is 0.586. The Morgan fingerprint density at radius 3 is 2.87 bits per heavy atom. The van der Waals surface area contributed by atoms with E-state index in [1.165, 1.54) is 10.6 Å². The van der Waals surface area contributed by atoms with E-state index in [1.807, 2.05) is 0 Å². The van der Waals surface area contributed by atoms with Gasteiger partial charge in [0.2, 0.25) is 16.8 Å². The number of nitrogens with zero attached hydrogens (tertiary/aromatic N) is 1. The molecule has 0 bridgehead atoms. The van der Waals surface area contributed by atoms with Crippen LogP contribution in [0.2, 0.25) is 0 Å². The van der Waals surface area contributed by atoms with Gasteiger partial charge in [-0.3, -0.25) is 0 Å². The maximum atomic E-state index is 12.1. The highest BCUT2D eigenvalue weighted by atomic mass is 32.2. The molecule has 1 aromatic carbocycles. The van der Waals surface area contributed by atoms with Gasteiger partial charge < -0.3 is 20.1 Å². The lowest BCUT2D eigenvalue weighted by Crippen LogP contribution is -2.50. The average Bonchev–Trinajstić information content (AvgIpc) is 2.94. The number of amides is 2. The minimum absolute atomic E-state index is 0.175. The van der Waals surface area contributed by atoms with E-state index in [-0.39, 0.29) is 18.9 Å². The van der Waals surface area contributed by atoms with Crippen LogP contribution in [0.3, 0.4) is 0 Å². The van der Waals surface area contributed by atoms with Crippen molar-refractivity contribution in [2.24, 2.45) is 0 Å². The predicted molar refractivity (Wildman–Crippen MR) is 84.2 cm³/mol. The number of hydrogen-bond acceptors (Lipinski definition) is 5. The lowest BCUT2D eigenvalue weighted by atomic mass is 10.1. The lowest BCUT2D eigenvalue weighted by Gasteiger charge is -2.31. The zero-order chi connectivity index (χ0) is 16.4. The zero-order valence-electron chi connectivity index (χ0n) is 12.7. The maximum Gasteiger partial charge on any atom is 0.319 e. The van der Waals surface area contributed by atoms with Crippen molar-refractivity contribution in [3.05, 3.63) is 18.2 Å². The first-order valence-electron chi connectivity index (χ1n) is 7.34. The molecule has 0 aliphatic carbocycles. The number of carbonyl (C=O) groups is 1. The van der Waals surface area contributed by atoms with Gasteiger partial charge in [-0.25, -0.2) is 17.5 Å². The number of rotatable bonds is 3. The number of urea groups is 1. The molecule has 23 heavy (non-hydrogen) atoms. The third-order valence-electron chi connectivity index (χ3n) is 3.82. The minimum Gasteiger partial charge on any atom is -0.454 e. The number of anilines is 1. The SMILES string of the molecule is CS(=O)(=O)N1CCCC(NC(=O)Nc2ccc3c(c2)OCO3)C1. The van der Waals surface area contributed by atoms with Crippen molar-refractivity contribution in [1.29, 1.82) is 0 Å². The summed E-state index contributed by atoms with van der Waals surface area (Å²) < 4.78 is 35.0. The Kier molecular flexibility index (Phi) is 4.31.